The second-order valence-corrected chi connectivity index (χ2v) is 4.45. The molecule has 1 aliphatic rings. The monoisotopic (exact) mass is 208 g/mol. The molecule has 0 saturated heterocycles. The van der Waals surface area contributed by atoms with Crippen LogP contribution in [0.3, 0.4) is 0 Å². The Morgan fingerprint density at radius 3 is 2.93 bits per heavy atom. The predicted octanol–water partition coefficient (Wildman–Crippen LogP) is 1.42. The normalized spacial score (nSPS) is 26.8. The number of nitrogens with one attached hydrogen (secondary N) is 1. The molecule has 0 amide bonds. The van der Waals surface area contributed by atoms with Gasteiger partial charge in [-0.2, -0.15) is 0 Å². The van der Waals surface area contributed by atoms with Crippen molar-refractivity contribution in [3.05, 3.63) is 24.0 Å². The van der Waals surface area contributed by atoms with Crippen LogP contribution in [-0.4, -0.2) is 21.8 Å². The van der Waals surface area contributed by atoms with Gasteiger partial charge in [0.2, 0.25) is 0 Å². The Morgan fingerprint density at radius 2 is 2.27 bits per heavy atom. The van der Waals surface area contributed by atoms with Gasteiger partial charge in [0.1, 0.15) is 0 Å². The van der Waals surface area contributed by atoms with Gasteiger partial charge >= 0.3 is 0 Å². The molecule has 1 aliphatic carbocycles. The van der Waals surface area contributed by atoms with Crippen LogP contribution in [0.2, 0.25) is 0 Å². The van der Waals surface area contributed by atoms with E-state index >= 15 is 0 Å². The van der Waals surface area contributed by atoms with Crippen LogP contribution in [0.4, 0.5) is 0 Å². The van der Waals surface area contributed by atoms with Crippen molar-refractivity contribution in [1.82, 2.24) is 9.88 Å². The van der Waals surface area contributed by atoms with Crippen LogP contribution >= 0.6 is 0 Å². The van der Waals surface area contributed by atoms with E-state index in [1.54, 1.807) is 0 Å². The van der Waals surface area contributed by atoms with Gasteiger partial charge in [0.05, 0.1) is 6.10 Å². The maximum Gasteiger partial charge on any atom is 0.0693 e. The SMILES string of the molecule is Cn1cccc1CN[C@@H]1CCCC[C@H]1O. The number of aromatic nitrogens is 1. The summed E-state index contributed by atoms with van der Waals surface area (Å²) < 4.78 is 2.11. The zero-order chi connectivity index (χ0) is 10.7. The third-order valence-electron chi connectivity index (χ3n) is 3.33. The van der Waals surface area contributed by atoms with Crippen molar-refractivity contribution < 1.29 is 5.11 Å². The number of hydrogen-bond donors (Lipinski definition) is 2. The van der Waals surface area contributed by atoms with Gasteiger partial charge in [0, 0.05) is 31.5 Å². The van der Waals surface area contributed by atoms with Crippen molar-refractivity contribution in [2.75, 3.05) is 0 Å². The van der Waals surface area contributed by atoms with Gasteiger partial charge in [-0.3, -0.25) is 0 Å². The Labute approximate surface area is 91.1 Å². The molecule has 0 aliphatic heterocycles. The molecule has 0 bridgehead atoms. The molecule has 1 aromatic rings. The fourth-order valence-electron chi connectivity index (χ4n) is 2.27. The molecule has 2 N–H and O–H groups in total. The summed E-state index contributed by atoms with van der Waals surface area (Å²) in [4.78, 5) is 0. The Morgan fingerprint density at radius 1 is 1.47 bits per heavy atom. The van der Waals surface area contributed by atoms with E-state index in [0.717, 1.165) is 19.4 Å². The summed E-state index contributed by atoms with van der Waals surface area (Å²) in [6.07, 6.45) is 6.36. The summed E-state index contributed by atoms with van der Waals surface area (Å²) in [6, 6.07) is 4.45. The van der Waals surface area contributed by atoms with E-state index in [1.165, 1.54) is 18.5 Å². The average Bonchev–Trinajstić information content (AvgIpc) is 2.63. The van der Waals surface area contributed by atoms with E-state index in [1.807, 2.05) is 19.3 Å². The van der Waals surface area contributed by atoms with E-state index in [0.29, 0.717) is 0 Å². The molecule has 84 valence electrons. The first-order valence-electron chi connectivity index (χ1n) is 5.79. The van der Waals surface area contributed by atoms with Crippen molar-refractivity contribution in [2.45, 2.75) is 44.4 Å². The van der Waals surface area contributed by atoms with Gasteiger partial charge in [0.25, 0.3) is 0 Å². The topological polar surface area (TPSA) is 37.2 Å². The molecule has 1 fully saturated rings. The lowest BCUT2D eigenvalue weighted by molar-refractivity contribution is 0.0900. The van der Waals surface area contributed by atoms with Gasteiger partial charge in [0.15, 0.2) is 0 Å². The van der Waals surface area contributed by atoms with Crippen LogP contribution < -0.4 is 5.32 Å². The highest BCUT2D eigenvalue weighted by Crippen LogP contribution is 2.18. The molecule has 2 rings (SSSR count). The summed E-state index contributed by atoms with van der Waals surface area (Å²) in [5.74, 6) is 0. The number of aliphatic hydroxyl groups is 1. The van der Waals surface area contributed by atoms with Crippen LogP contribution in [-0.2, 0) is 13.6 Å². The summed E-state index contributed by atoms with van der Waals surface area (Å²) >= 11 is 0. The standard InChI is InChI=1S/C12H20N2O/c1-14-8-4-5-10(14)9-13-11-6-2-3-7-12(11)15/h4-5,8,11-13,15H,2-3,6-7,9H2,1H3/t11-,12-/m1/s1. The second-order valence-electron chi connectivity index (χ2n) is 4.45. The molecular formula is C12H20N2O. The van der Waals surface area contributed by atoms with Gasteiger partial charge in [-0.15, -0.1) is 0 Å². The van der Waals surface area contributed by atoms with Crippen LogP contribution in [0.25, 0.3) is 0 Å². The number of rotatable bonds is 3. The lowest BCUT2D eigenvalue weighted by Gasteiger charge is -2.28. The molecule has 2 atom stereocenters. The molecule has 3 nitrogen and oxygen atoms in total. The largest absolute Gasteiger partial charge is 0.392 e. The Kier molecular flexibility index (Phi) is 3.44. The van der Waals surface area contributed by atoms with Crippen LogP contribution in [0.5, 0.6) is 0 Å². The third-order valence-corrected chi connectivity index (χ3v) is 3.33. The minimum absolute atomic E-state index is 0.154. The van der Waals surface area contributed by atoms with E-state index < -0.39 is 0 Å². The number of aryl methyl sites for hydroxylation is 1. The molecule has 1 saturated carbocycles. The maximum absolute atomic E-state index is 9.80. The van der Waals surface area contributed by atoms with Crippen molar-refractivity contribution in [3.8, 4) is 0 Å². The van der Waals surface area contributed by atoms with Crippen LogP contribution in [0, 0.1) is 0 Å². The zero-order valence-electron chi connectivity index (χ0n) is 9.32. The second kappa shape index (κ2) is 4.81. The Bertz CT molecular complexity index is 308. The lowest BCUT2D eigenvalue weighted by Crippen LogP contribution is -2.41. The fraction of sp³-hybridized carbons (Fsp3) is 0.667. The molecule has 3 heteroatoms. The highest BCUT2D eigenvalue weighted by Gasteiger charge is 2.22. The summed E-state index contributed by atoms with van der Waals surface area (Å²) in [5.41, 5.74) is 1.27. The first kappa shape index (κ1) is 10.7. The first-order valence-corrected chi connectivity index (χ1v) is 5.79. The van der Waals surface area contributed by atoms with Crippen LogP contribution in [0.1, 0.15) is 31.4 Å². The molecule has 0 aromatic carbocycles. The highest BCUT2D eigenvalue weighted by atomic mass is 16.3. The maximum atomic E-state index is 9.80. The number of aliphatic hydroxyl groups excluding tert-OH is 1. The summed E-state index contributed by atoms with van der Waals surface area (Å²) in [6.45, 7) is 0.852. The molecule has 0 spiro atoms. The van der Waals surface area contributed by atoms with Crippen molar-refractivity contribution in [3.63, 3.8) is 0 Å². The van der Waals surface area contributed by atoms with Crippen LogP contribution in [0.15, 0.2) is 18.3 Å². The minimum Gasteiger partial charge on any atom is -0.392 e. The van der Waals surface area contributed by atoms with E-state index in [2.05, 4.69) is 16.0 Å². The van der Waals surface area contributed by atoms with Gasteiger partial charge < -0.3 is 15.0 Å². The van der Waals surface area contributed by atoms with Crippen molar-refractivity contribution in [1.29, 1.82) is 0 Å². The molecule has 0 radical (unpaired) electrons. The van der Waals surface area contributed by atoms with Gasteiger partial charge in [-0.1, -0.05) is 12.8 Å². The highest BCUT2D eigenvalue weighted by molar-refractivity contribution is 5.06. The van der Waals surface area contributed by atoms with Gasteiger partial charge in [-0.25, -0.2) is 0 Å². The number of nitrogens with zero attached hydrogens (tertiary/aromatic N) is 1. The number of hydrogen-bond acceptors (Lipinski definition) is 2. The molecular weight excluding hydrogens is 188 g/mol. The summed E-state index contributed by atoms with van der Waals surface area (Å²) in [5, 5.41) is 13.2. The molecule has 1 aromatic heterocycles. The molecule has 1 heterocycles. The zero-order valence-corrected chi connectivity index (χ0v) is 9.32. The van der Waals surface area contributed by atoms with Crippen molar-refractivity contribution >= 4 is 0 Å². The molecule has 15 heavy (non-hydrogen) atoms. The smallest absolute Gasteiger partial charge is 0.0693 e. The Balaban J connectivity index is 1.84. The van der Waals surface area contributed by atoms with Crippen molar-refractivity contribution in [2.24, 2.45) is 7.05 Å². The first-order chi connectivity index (χ1) is 7.27. The predicted molar refractivity (Wildman–Crippen MR) is 60.5 cm³/mol. The average molecular weight is 208 g/mol. The quantitative estimate of drug-likeness (QED) is 0.788. The third kappa shape index (κ3) is 2.61. The minimum atomic E-state index is -0.154. The Hall–Kier alpha value is -0.800. The van der Waals surface area contributed by atoms with E-state index in [-0.39, 0.29) is 12.1 Å². The summed E-state index contributed by atoms with van der Waals surface area (Å²) in [7, 11) is 2.05. The van der Waals surface area contributed by atoms with E-state index in [9.17, 15) is 5.11 Å². The fourth-order valence-corrected chi connectivity index (χ4v) is 2.27. The van der Waals surface area contributed by atoms with Gasteiger partial charge in [-0.05, 0) is 25.0 Å². The lowest BCUT2D eigenvalue weighted by atomic mass is 9.92. The van der Waals surface area contributed by atoms with E-state index in [4.69, 9.17) is 0 Å². The molecule has 0 unspecified atom stereocenters.